The SMILES string of the molecule is CC(CC(O)c1ccccc1)NC(=O)C1CCC(C)O1. The van der Waals surface area contributed by atoms with Crippen LogP contribution in [-0.2, 0) is 9.53 Å². The van der Waals surface area contributed by atoms with Gasteiger partial charge in [-0.05, 0) is 38.7 Å². The van der Waals surface area contributed by atoms with Gasteiger partial charge >= 0.3 is 0 Å². The number of benzene rings is 1. The second-order valence-corrected chi connectivity index (χ2v) is 5.58. The molecule has 2 N–H and O–H groups in total. The highest BCUT2D eigenvalue weighted by Gasteiger charge is 2.29. The molecule has 4 nitrogen and oxygen atoms in total. The minimum Gasteiger partial charge on any atom is -0.388 e. The van der Waals surface area contributed by atoms with Gasteiger partial charge in [-0.25, -0.2) is 0 Å². The molecule has 0 bridgehead atoms. The third-order valence-electron chi connectivity index (χ3n) is 3.67. The van der Waals surface area contributed by atoms with Crippen molar-refractivity contribution in [3.63, 3.8) is 0 Å². The fourth-order valence-corrected chi connectivity index (χ4v) is 2.54. The first kappa shape index (κ1) is 15.0. The summed E-state index contributed by atoms with van der Waals surface area (Å²) >= 11 is 0. The van der Waals surface area contributed by atoms with Crippen LogP contribution in [0, 0.1) is 0 Å². The lowest BCUT2D eigenvalue weighted by Gasteiger charge is -2.20. The van der Waals surface area contributed by atoms with Gasteiger partial charge in [-0.2, -0.15) is 0 Å². The normalized spacial score (nSPS) is 25.1. The molecular weight excluding hydrogens is 254 g/mol. The monoisotopic (exact) mass is 277 g/mol. The molecule has 1 fully saturated rings. The molecule has 0 saturated carbocycles. The van der Waals surface area contributed by atoms with Crippen molar-refractivity contribution in [3.8, 4) is 0 Å². The Labute approximate surface area is 120 Å². The van der Waals surface area contributed by atoms with Gasteiger partial charge in [0, 0.05) is 6.04 Å². The van der Waals surface area contributed by atoms with Gasteiger partial charge in [-0.1, -0.05) is 30.3 Å². The zero-order valence-electron chi connectivity index (χ0n) is 12.1. The smallest absolute Gasteiger partial charge is 0.249 e. The highest BCUT2D eigenvalue weighted by atomic mass is 16.5. The number of amides is 1. The summed E-state index contributed by atoms with van der Waals surface area (Å²) in [6.45, 7) is 3.89. The molecule has 1 aromatic rings. The second-order valence-electron chi connectivity index (χ2n) is 5.58. The molecular formula is C16H23NO3. The Bertz CT molecular complexity index is 435. The van der Waals surface area contributed by atoms with Crippen LogP contribution in [0.4, 0.5) is 0 Å². The number of carbonyl (C=O) groups is 1. The summed E-state index contributed by atoms with van der Waals surface area (Å²) in [6, 6.07) is 9.41. The third kappa shape index (κ3) is 4.05. The molecule has 1 heterocycles. The number of carbonyl (C=O) groups excluding carboxylic acids is 1. The Morgan fingerprint density at radius 1 is 1.40 bits per heavy atom. The van der Waals surface area contributed by atoms with Crippen molar-refractivity contribution in [1.29, 1.82) is 0 Å². The van der Waals surface area contributed by atoms with Crippen molar-refractivity contribution in [2.45, 2.75) is 57.5 Å². The fourth-order valence-electron chi connectivity index (χ4n) is 2.54. The summed E-state index contributed by atoms with van der Waals surface area (Å²) in [6.07, 6.45) is 1.48. The van der Waals surface area contributed by atoms with Crippen LogP contribution in [0.15, 0.2) is 30.3 Å². The predicted octanol–water partition coefficient (Wildman–Crippen LogP) is 2.18. The summed E-state index contributed by atoms with van der Waals surface area (Å²) < 4.78 is 5.54. The summed E-state index contributed by atoms with van der Waals surface area (Å²) in [7, 11) is 0. The quantitative estimate of drug-likeness (QED) is 0.867. The number of rotatable bonds is 5. The molecule has 110 valence electrons. The number of hydrogen-bond donors (Lipinski definition) is 2. The lowest BCUT2D eigenvalue weighted by Crippen LogP contribution is -2.40. The van der Waals surface area contributed by atoms with Crippen molar-refractivity contribution < 1.29 is 14.6 Å². The maximum atomic E-state index is 12.0. The predicted molar refractivity (Wildman–Crippen MR) is 77.2 cm³/mol. The number of hydrogen-bond acceptors (Lipinski definition) is 3. The molecule has 1 aromatic carbocycles. The van der Waals surface area contributed by atoms with Crippen molar-refractivity contribution in [3.05, 3.63) is 35.9 Å². The van der Waals surface area contributed by atoms with Gasteiger partial charge in [-0.3, -0.25) is 4.79 Å². The van der Waals surface area contributed by atoms with Crippen LogP contribution >= 0.6 is 0 Å². The third-order valence-corrected chi connectivity index (χ3v) is 3.67. The number of ether oxygens (including phenoxy) is 1. The molecule has 1 saturated heterocycles. The van der Waals surface area contributed by atoms with Crippen molar-refractivity contribution in [2.24, 2.45) is 0 Å². The Morgan fingerprint density at radius 3 is 2.70 bits per heavy atom. The van der Waals surface area contributed by atoms with E-state index in [4.69, 9.17) is 4.74 Å². The van der Waals surface area contributed by atoms with E-state index in [1.54, 1.807) is 0 Å². The Morgan fingerprint density at radius 2 is 2.10 bits per heavy atom. The molecule has 20 heavy (non-hydrogen) atoms. The molecule has 1 aliphatic rings. The first-order valence-electron chi connectivity index (χ1n) is 7.25. The summed E-state index contributed by atoms with van der Waals surface area (Å²) in [5.74, 6) is -0.0675. The fraction of sp³-hybridized carbons (Fsp3) is 0.562. The van der Waals surface area contributed by atoms with E-state index < -0.39 is 6.10 Å². The number of aliphatic hydroxyl groups is 1. The summed E-state index contributed by atoms with van der Waals surface area (Å²) in [5, 5.41) is 13.0. The molecule has 0 aliphatic carbocycles. The highest BCUT2D eigenvalue weighted by molar-refractivity contribution is 5.81. The lowest BCUT2D eigenvalue weighted by atomic mass is 10.0. The molecule has 4 unspecified atom stereocenters. The lowest BCUT2D eigenvalue weighted by molar-refractivity contribution is -0.132. The van der Waals surface area contributed by atoms with Crippen LogP contribution in [0.1, 0.15) is 44.8 Å². The van der Waals surface area contributed by atoms with Crippen molar-refractivity contribution in [2.75, 3.05) is 0 Å². The molecule has 2 rings (SSSR count). The van der Waals surface area contributed by atoms with Crippen LogP contribution < -0.4 is 5.32 Å². The summed E-state index contributed by atoms with van der Waals surface area (Å²) in [4.78, 5) is 12.0. The van der Waals surface area contributed by atoms with Gasteiger partial charge in [0.25, 0.3) is 0 Å². The molecule has 0 spiro atoms. The van der Waals surface area contributed by atoms with E-state index >= 15 is 0 Å². The standard InChI is InChI=1S/C16H23NO3/c1-11(10-14(18)13-6-4-3-5-7-13)17-16(19)15-9-8-12(2)20-15/h3-7,11-12,14-15,18H,8-10H2,1-2H3,(H,17,19). The van der Waals surface area contributed by atoms with Crippen molar-refractivity contribution in [1.82, 2.24) is 5.32 Å². The van der Waals surface area contributed by atoms with Gasteiger partial charge in [0.1, 0.15) is 6.10 Å². The average Bonchev–Trinajstić information content (AvgIpc) is 2.86. The van der Waals surface area contributed by atoms with Crippen LogP contribution in [0.5, 0.6) is 0 Å². The van der Waals surface area contributed by atoms with Crippen LogP contribution in [-0.4, -0.2) is 29.3 Å². The van der Waals surface area contributed by atoms with Gasteiger partial charge < -0.3 is 15.2 Å². The van der Waals surface area contributed by atoms with E-state index in [1.165, 1.54) is 0 Å². The van der Waals surface area contributed by atoms with E-state index in [0.717, 1.165) is 18.4 Å². The van der Waals surface area contributed by atoms with E-state index in [1.807, 2.05) is 44.2 Å². The van der Waals surface area contributed by atoms with Crippen LogP contribution in [0.25, 0.3) is 0 Å². The van der Waals surface area contributed by atoms with Crippen LogP contribution in [0.3, 0.4) is 0 Å². The number of nitrogens with one attached hydrogen (secondary N) is 1. The Kier molecular flexibility index (Phi) is 5.15. The van der Waals surface area contributed by atoms with Gasteiger partial charge in [0.2, 0.25) is 5.91 Å². The molecule has 1 amide bonds. The Hall–Kier alpha value is -1.39. The molecule has 4 atom stereocenters. The molecule has 1 aliphatic heterocycles. The second kappa shape index (κ2) is 6.86. The molecule has 0 radical (unpaired) electrons. The minimum absolute atomic E-state index is 0.0675. The summed E-state index contributed by atoms with van der Waals surface area (Å²) in [5.41, 5.74) is 0.874. The minimum atomic E-state index is -0.560. The topological polar surface area (TPSA) is 58.6 Å². The van der Waals surface area contributed by atoms with Crippen LogP contribution in [0.2, 0.25) is 0 Å². The maximum absolute atomic E-state index is 12.0. The molecule has 0 aromatic heterocycles. The van der Waals surface area contributed by atoms with E-state index in [9.17, 15) is 9.90 Å². The van der Waals surface area contributed by atoms with Gasteiger partial charge in [-0.15, -0.1) is 0 Å². The largest absolute Gasteiger partial charge is 0.388 e. The number of aliphatic hydroxyl groups excluding tert-OH is 1. The first-order valence-corrected chi connectivity index (χ1v) is 7.25. The highest BCUT2D eigenvalue weighted by Crippen LogP contribution is 2.21. The maximum Gasteiger partial charge on any atom is 0.249 e. The van der Waals surface area contributed by atoms with E-state index in [0.29, 0.717) is 6.42 Å². The van der Waals surface area contributed by atoms with Crippen molar-refractivity contribution >= 4 is 5.91 Å². The van der Waals surface area contributed by atoms with E-state index in [-0.39, 0.29) is 24.2 Å². The zero-order valence-corrected chi connectivity index (χ0v) is 12.1. The van der Waals surface area contributed by atoms with E-state index in [2.05, 4.69) is 5.32 Å². The Balaban J connectivity index is 1.80. The molecule has 4 heteroatoms. The zero-order chi connectivity index (χ0) is 14.5. The van der Waals surface area contributed by atoms with Gasteiger partial charge in [0.15, 0.2) is 0 Å². The average molecular weight is 277 g/mol. The van der Waals surface area contributed by atoms with Gasteiger partial charge in [0.05, 0.1) is 12.2 Å². The first-order chi connectivity index (χ1) is 9.56.